The minimum atomic E-state index is -1.76. The third kappa shape index (κ3) is 15.0. The molecule has 1 fully saturated rings. The molecule has 0 aromatic heterocycles. The molecule has 0 radical (unpaired) electrons. The van der Waals surface area contributed by atoms with Gasteiger partial charge in [0, 0.05) is 13.0 Å². The molecule has 316 valence electrons. The second-order valence-corrected chi connectivity index (χ2v) is 13.6. The smallest absolute Gasteiger partial charge is 0.328 e. The lowest BCUT2D eigenvalue weighted by molar-refractivity contribution is -0.145. The van der Waals surface area contributed by atoms with Gasteiger partial charge in [0.2, 0.25) is 41.4 Å². The highest BCUT2D eigenvalue weighted by Gasteiger charge is 2.39. The number of hydrogen-bond acceptors (Lipinski definition) is 13. The Labute approximate surface area is 327 Å². The number of carbonyl (C=O) groups is 9. The van der Waals surface area contributed by atoms with Gasteiger partial charge in [0.1, 0.15) is 29.9 Å². The van der Waals surface area contributed by atoms with Crippen LogP contribution < -0.4 is 37.6 Å². The third-order valence-electron chi connectivity index (χ3n) is 9.15. The number of carboxylic acid groups (broad SMARTS) is 2. The molecule has 1 aromatic rings. The third-order valence-corrected chi connectivity index (χ3v) is 9.15. The molecule has 1 saturated heterocycles. The Morgan fingerprint density at radius 2 is 1.42 bits per heavy atom. The zero-order valence-electron chi connectivity index (χ0n) is 31.7. The van der Waals surface area contributed by atoms with E-state index in [1.807, 2.05) is 17.6 Å². The van der Waals surface area contributed by atoms with Crippen LogP contribution >= 0.6 is 0 Å². The lowest BCUT2D eigenvalue weighted by atomic mass is 9.98. The lowest BCUT2D eigenvalue weighted by Crippen LogP contribution is -2.58. The normalized spacial score (nSPS) is 17.3. The molecule has 22 heteroatoms. The number of hydrogen-bond donors (Lipinski definition) is 12. The lowest BCUT2D eigenvalue weighted by Gasteiger charge is -2.30. The number of aromatic hydroxyl groups is 1. The van der Waals surface area contributed by atoms with E-state index in [2.05, 4.69) is 21.3 Å². The largest absolute Gasteiger partial charge is 0.508 e. The fourth-order valence-electron chi connectivity index (χ4n) is 5.64. The number of aliphatic hydroxyl groups is 2. The van der Waals surface area contributed by atoms with Crippen LogP contribution in [0.1, 0.15) is 52.0 Å². The predicted molar refractivity (Wildman–Crippen MR) is 196 cm³/mol. The number of aliphatic carboxylic acids is 2. The number of nitrogens with two attached hydrogens (primary N) is 1. The van der Waals surface area contributed by atoms with E-state index in [4.69, 9.17) is 10.8 Å². The molecular weight excluding hydrogens is 756 g/mol. The first-order chi connectivity index (χ1) is 26.8. The molecule has 0 saturated carbocycles. The standard InChI is InChI=1S/C35H52N8O14/c1-4-17(2)28(36)33(54)41-22(12-19-7-9-20(46)10-8-19)34(55)43-11-5-6-24(43)32(53)38-15-25(47)39-21(13-27(49)50)30(51)37-14-26(48)40-23(16-44)31(52)42-29(18(3)45)35(56)57/h7-10,17-18,21-24,28-29,44-46H,4-6,11-16,36H2,1-3H3,(H,37,51)(H,38,53)(H,39,47)(H,40,48)(H,41,54)(H,42,52)(H,49,50)(H,56,57)/t17-,18+,21-,22-,23-,24-,28-,29-/m0/s1. The molecule has 1 aliphatic rings. The molecule has 1 heterocycles. The van der Waals surface area contributed by atoms with Crippen molar-refractivity contribution in [3.05, 3.63) is 29.8 Å². The Bertz CT molecular complexity index is 1620. The topological polar surface area (TPSA) is 356 Å². The number of phenols is 1. The van der Waals surface area contributed by atoms with Crippen molar-refractivity contribution in [2.75, 3.05) is 26.2 Å². The molecule has 0 spiro atoms. The maximum atomic E-state index is 13.9. The summed E-state index contributed by atoms with van der Waals surface area (Å²) in [6.45, 7) is 2.24. The number of phenolic OH excluding ortho intramolecular Hbond substituents is 1. The van der Waals surface area contributed by atoms with Crippen molar-refractivity contribution in [1.29, 1.82) is 0 Å². The van der Waals surface area contributed by atoms with Gasteiger partial charge in [-0.05, 0) is 43.4 Å². The maximum Gasteiger partial charge on any atom is 0.328 e. The molecule has 57 heavy (non-hydrogen) atoms. The summed E-state index contributed by atoms with van der Waals surface area (Å²) in [4.78, 5) is 114. The van der Waals surface area contributed by atoms with Crippen molar-refractivity contribution in [3.8, 4) is 5.75 Å². The van der Waals surface area contributed by atoms with Gasteiger partial charge in [-0.3, -0.25) is 38.4 Å². The van der Waals surface area contributed by atoms with Gasteiger partial charge in [0.15, 0.2) is 6.04 Å². The molecule has 7 amide bonds. The maximum absolute atomic E-state index is 13.9. The molecule has 2 rings (SSSR count). The summed E-state index contributed by atoms with van der Waals surface area (Å²) >= 11 is 0. The highest BCUT2D eigenvalue weighted by atomic mass is 16.4. The number of likely N-dealkylation sites (tertiary alicyclic amines) is 1. The number of aliphatic hydroxyl groups excluding tert-OH is 2. The molecule has 0 aliphatic carbocycles. The van der Waals surface area contributed by atoms with E-state index < -0.39 is 122 Å². The van der Waals surface area contributed by atoms with E-state index in [9.17, 15) is 63.6 Å². The number of benzene rings is 1. The van der Waals surface area contributed by atoms with Crippen LogP contribution in [0.5, 0.6) is 5.75 Å². The van der Waals surface area contributed by atoms with E-state index in [1.54, 1.807) is 19.1 Å². The van der Waals surface area contributed by atoms with Crippen molar-refractivity contribution in [2.45, 2.75) is 95.2 Å². The van der Waals surface area contributed by atoms with Crippen LogP contribution in [0.3, 0.4) is 0 Å². The number of carboxylic acids is 2. The van der Waals surface area contributed by atoms with Gasteiger partial charge in [0.05, 0.1) is 38.3 Å². The van der Waals surface area contributed by atoms with Gasteiger partial charge < -0.3 is 68.1 Å². The Morgan fingerprint density at radius 1 is 0.825 bits per heavy atom. The zero-order chi connectivity index (χ0) is 43.0. The molecule has 0 unspecified atom stereocenters. The van der Waals surface area contributed by atoms with E-state index in [1.165, 1.54) is 17.0 Å². The van der Waals surface area contributed by atoms with Crippen molar-refractivity contribution in [3.63, 3.8) is 0 Å². The first kappa shape index (κ1) is 47.3. The molecule has 0 bridgehead atoms. The molecular formula is C35H52N8O14. The number of amides is 7. The summed E-state index contributed by atoms with van der Waals surface area (Å²) in [5.74, 6) is -9.63. The van der Waals surface area contributed by atoms with Crippen LogP contribution in [0.2, 0.25) is 0 Å². The van der Waals surface area contributed by atoms with Gasteiger partial charge in [-0.1, -0.05) is 32.4 Å². The Hall–Kier alpha value is -5.87. The van der Waals surface area contributed by atoms with Crippen molar-refractivity contribution < 1.29 is 68.7 Å². The summed E-state index contributed by atoms with van der Waals surface area (Å²) in [7, 11) is 0. The summed E-state index contributed by atoms with van der Waals surface area (Å²) in [6, 6.07) is -2.35. The Kier molecular flexibility index (Phi) is 18.8. The van der Waals surface area contributed by atoms with Crippen LogP contribution in [0, 0.1) is 5.92 Å². The predicted octanol–water partition coefficient (Wildman–Crippen LogP) is -4.60. The van der Waals surface area contributed by atoms with Crippen LogP contribution in [-0.2, 0) is 49.6 Å². The number of nitrogens with one attached hydrogen (secondary N) is 6. The Balaban J connectivity index is 2.04. The second kappa shape index (κ2) is 22.6. The molecule has 1 aromatic carbocycles. The average molecular weight is 809 g/mol. The summed E-state index contributed by atoms with van der Waals surface area (Å²) < 4.78 is 0. The van der Waals surface area contributed by atoms with Gasteiger partial charge in [-0.15, -0.1) is 0 Å². The first-order valence-electron chi connectivity index (χ1n) is 18.1. The van der Waals surface area contributed by atoms with Gasteiger partial charge >= 0.3 is 11.9 Å². The molecule has 8 atom stereocenters. The fourth-order valence-corrected chi connectivity index (χ4v) is 5.64. The van der Waals surface area contributed by atoms with Crippen LogP contribution in [-0.4, -0.2) is 152 Å². The minimum Gasteiger partial charge on any atom is -0.508 e. The highest BCUT2D eigenvalue weighted by molar-refractivity contribution is 5.97. The van der Waals surface area contributed by atoms with Crippen molar-refractivity contribution >= 4 is 53.3 Å². The van der Waals surface area contributed by atoms with Gasteiger partial charge in [-0.25, -0.2) is 4.79 Å². The number of carbonyl (C=O) groups excluding carboxylic acids is 7. The molecule has 13 N–H and O–H groups in total. The highest BCUT2D eigenvalue weighted by Crippen LogP contribution is 2.21. The summed E-state index contributed by atoms with van der Waals surface area (Å²) in [5.41, 5.74) is 6.71. The minimum absolute atomic E-state index is 0.00700. The fraction of sp³-hybridized carbons (Fsp3) is 0.571. The molecule has 1 aliphatic heterocycles. The summed E-state index contributed by atoms with van der Waals surface area (Å²) in [5, 5.41) is 60.4. The number of nitrogens with zero attached hydrogens (tertiary/aromatic N) is 1. The SMILES string of the molecule is CC[C@H](C)[C@H](N)C(=O)N[C@@H](Cc1ccc(O)cc1)C(=O)N1CCC[C@H]1C(=O)NCC(=O)N[C@@H](CC(=O)O)C(=O)NCC(=O)N[C@@H](CO)C(=O)N[C@H](C(=O)O)[C@@H](C)O. The van der Waals surface area contributed by atoms with Crippen molar-refractivity contribution in [2.24, 2.45) is 11.7 Å². The van der Waals surface area contributed by atoms with E-state index in [0.29, 0.717) is 18.4 Å². The second-order valence-electron chi connectivity index (χ2n) is 13.6. The monoisotopic (exact) mass is 808 g/mol. The first-order valence-corrected chi connectivity index (χ1v) is 18.1. The quantitative estimate of drug-likeness (QED) is 0.0525. The molecule has 22 nitrogen and oxygen atoms in total. The number of rotatable bonds is 22. The van der Waals surface area contributed by atoms with E-state index >= 15 is 0 Å². The van der Waals surface area contributed by atoms with E-state index in [-0.39, 0.29) is 31.1 Å². The van der Waals surface area contributed by atoms with Crippen LogP contribution in [0.4, 0.5) is 0 Å². The average Bonchev–Trinajstić information content (AvgIpc) is 3.66. The van der Waals surface area contributed by atoms with Crippen LogP contribution in [0.25, 0.3) is 0 Å². The van der Waals surface area contributed by atoms with Gasteiger partial charge in [-0.2, -0.15) is 0 Å². The van der Waals surface area contributed by atoms with E-state index in [0.717, 1.165) is 6.92 Å². The zero-order valence-corrected chi connectivity index (χ0v) is 31.7. The van der Waals surface area contributed by atoms with Crippen LogP contribution in [0.15, 0.2) is 24.3 Å². The Morgan fingerprint density at radius 3 is 1.96 bits per heavy atom. The van der Waals surface area contributed by atoms with Crippen molar-refractivity contribution in [1.82, 2.24) is 36.8 Å². The summed E-state index contributed by atoms with van der Waals surface area (Å²) in [6.07, 6.45) is -1.26. The van der Waals surface area contributed by atoms with Gasteiger partial charge in [0.25, 0.3) is 0 Å².